The van der Waals surface area contributed by atoms with Crippen LogP contribution in [0.2, 0.25) is 0 Å². The van der Waals surface area contributed by atoms with Crippen LogP contribution in [-0.2, 0) is 9.53 Å². The first kappa shape index (κ1) is 28.4. The van der Waals surface area contributed by atoms with Gasteiger partial charge in [-0.15, -0.1) is 0 Å². The van der Waals surface area contributed by atoms with E-state index in [2.05, 4.69) is 5.32 Å². The zero-order valence-electron chi connectivity index (χ0n) is 23.3. The number of piperidine rings is 1. The molecule has 2 aromatic carbocycles. The molecule has 2 aliphatic heterocycles. The third-order valence-corrected chi connectivity index (χ3v) is 8.03. The van der Waals surface area contributed by atoms with Crippen molar-refractivity contribution in [1.82, 2.24) is 9.88 Å². The Balaban J connectivity index is 1.12. The van der Waals surface area contributed by atoms with E-state index in [1.54, 1.807) is 16.7 Å². The molecule has 0 spiro atoms. The number of carbonyl (C=O) groups is 3. The lowest BCUT2D eigenvalue weighted by molar-refractivity contribution is -0.119. The Kier molecular flexibility index (Phi) is 7.40. The molecule has 1 atom stereocenters. The maximum atomic E-state index is 15.3. The number of anilines is 2. The smallest absolute Gasteiger partial charge is 0.414 e. The van der Waals surface area contributed by atoms with Crippen LogP contribution in [0.25, 0.3) is 10.9 Å². The molecule has 1 aromatic heterocycles. The number of aromatic carboxylic acids is 1. The van der Waals surface area contributed by atoms with Crippen LogP contribution in [0.15, 0.2) is 41.3 Å². The first-order valence-electron chi connectivity index (χ1n) is 14.1. The number of hydrogen-bond acceptors (Lipinski definition) is 7. The maximum Gasteiger partial charge on any atom is 0.414 e. The van der Waals surface area contributed by atoms with Gasteiger partial charge in [0, 0.05) is 56.5 Å². The number of hydrogen-bond donors (Lipinski definition) is 2. The number of carboxylic acids is 1. The fourth-order valence-corrected chi connectivity index (χ4v) is 5.65. The highest BCUT2D eigenvalue weighted by Crippen LogP contribution is 2.38. The number of amides is 2. The Morgan fingerprint density at radius 1 is 1.07 bits per heavy atom. The van der Waals surface area contributed by atoms with Crippen LogP contribution in [0, 0.1) is 11.6 Å². The van der Waals surface area contributed by atoms with Crippen molar-refractivity contribution in [1.29, 1.82) is 0 Å². The number of carbonyl (C=O) groups excluding carboxylic acids is 2. The molecule has 0 bridgehead atoms. The van der Waals surface area contributed by atoms with Gasteiger partial charge in [-0.25, -0.2) is 18.4 Å². The number of rotatable bonds is 8. The molecule has 3 aromatic rings. The van der Waals surface area contributed by atoms with Gasteiger partial charge in [-0.3, -0.25) is 14.5 Å². The molecule has 1 saturated carbocycles. The molecule has 6 rings (SSSR count). The average molecular weight is 597 g/mol. The van der Waals surface area contributed by atoms with Gasteiger partial charge in [0.25, 0.3) is 0 Å². The summed E-state index contributed by atoms with van der Waals surface area (Å²) < 4.78 is 43.2. The summed E-state index contributed by atoms with van der Waals surface area (Å²) in [5, 5.41) is 12.1. The van der Waals surface area contributed by atoms with E-state index in [9.17, 15) is 24.3 Å². The predicted octanol–water partition coefficient (Wildman–Crippen LogP) is 3.82. The quantitative estimate of drug-likeness (QED) is 0.402. The number of nitrogens with zero attached hydrogens (tertiary/aromatic N) is 3. The van der Waals surface area contributed by atoms with Gasteiger partial charge in [0.1, 0.15) is 23.6 Å². The minimum atomic E-state index is -1.34. The Morgan fingerprint density at radius 3 is 2.47 bits per heavy atom. The Morgan fingerprint density at radius 2 is 1.81 bits per heavy atom. The minimum Gasteiger partial charge on any atom is -0.487 e. The monoisotopic (exact) mass is 596 g/mol. The summed E-state index contributed by atoms with van der Waals surface area (Å²) in [6, 6.07) is 7.02. The van der Waals surface area contributed by atoms with Crippen LogP contribution in [0.1, 0.15) is 49.0 Å². The highest BCUT2D eigenvalue weighted by molar-refractivity contribution is 5.93. The third-order valence-electron chi connectivity index (χ3n) is 8.03. The number of aromatic nitrogens is 1. The Bertz CT molecular complexity index is 1680. The Hall–Kier alpha value is -4.68. The number of halogens is 2. The SMILES string of the molecule is CC(=O)NC[C@H]1CN(c2ccc(OC3CCN(c4cc5c(cc4F)c(=O)c(C(=O)O)cn5C4CC4)CC3)c(F)c2)C(=O)O1. The molecule has 226 valence electrons. The van der Waals surface area contributed by atoms with Crippen LogP contribution in [0.3, 0.4) is 0 Å². The highest BCUT2D eigenvalue weighted by atomic mass is 19.1. The van der Waals surface area contributed by atoms with E-state index < -0.39 is 35.2 Å². The Labute approximate surface area is 244 Å². The molecular weight excluding hydrogens is 566 g/mol. The number of cyclic esters (lactones) is 1. The second kappa shape index (κ2) is 11.2. The standard InChI is InChI=1S/C30H30F2N4O7/c1-16(37)33-13-20-14-36(30(41)43-20)18-4-5-27(24(32)10-18)42-19-6-8-34(9-7-19)26-12-25-21(11-23(26)31)28(38)22(29(39)40)15-35(25)17-2-3-17/h4-5,10-12,15,17,19-20H,2-3,6-9,13-14H2,1H3,(H,33,37)(H,39,40)/t20-/m0/s1. The maximum absolute atomic E-state index is 15.3. The lowest BCUT2D eigenvalue weighted by Crippen LogP contribution is -2.39. The van der Waals surface area contributed by atoms with Crippen molar-refractivity contribution in [2.75, 3.05) is 36.0 Å². The molecular formula is C30H30F2N4O7. The lowest BCUT2D eigenvalue weighted by Gasteiger charge is -2.34. The summed E-state index contributed by atoms with van der Waals surface area (Å²) >= 11 is 0. The summed E-state index contributed by atoms with van der Waals surface area (Å²) in [4.78, 5) is 50.9. The fraction of sp³-hybridized carbons (Fsp3) is 0.400. The summed E-state index contributed by atoms with van der Waals surface area (Å²) in [6.07, 6.45) is 2.51. The van der Waals surface area contributed by atoms with E-state index in [0.717, 1.165) is 18.9 Å². The van der Waals surface area contributed by atoms with E-state index in [1.807, 2.05) is 4.90 Å². The molecule has 3 aliphatic rings. The van der Waals surface area contributed by atoms with E-state index in [1.165, 1.54) is 30.2 Å². The van der Waals surface area contributed by atoms with E-state index in [4.69, 9.17) is 9.47 Å². The summed E-state index contributed by atoms with van der Waals surface area (Å²) in [6.45, 7) is 2.53. The summed E-state index contributed by atoms with van der Waals surface area (Å²) in [5.41, 5.74) is 0.0278. The zero-order valence-corrected chi connectivity index (χ0v) is 23.3. The number of benzene rings is 2. The van der Waals surface area contributed by atoms with Crippen LogP contribution >= 0.6 is 0 Å². The lowest BCUT2D eigenvalue weighted by atomic mass is 10.0. The number of pyridine rings is 1. The van der Waals surface area contributed by atoms with Crippen LogP contribution in [0.4, 0.5) is 25.0 Å². The normalized spacial score (nSPS) is 19.0. The zero-order chi connectivity index (χ0) is 30.4. The summed E-state index contributed by atoms with van der Waals surface area (Å²) in [7, 11) is 0. The van der Waals surface area contributed by atoms with Gasteiger partial charge >= 0.3 is 12.1 Å². The molecule has 2 N–H and O–H groups in total. The number of fused-ring (bicyclic) bond motifs is 1. The van der Waals surface area contributed by atoms with Gasteiger partial charge in [-0.2, -0.15) is 0 Å². The molecule has 1 aliphatic carbocycles. The van der Waals surface area contributed by atoms with Crippen molar-refractivity contribution >= 4 is 40.2 Å². The first-order valence-corrected chi connectivity index (χ1v) is 14.1. The van der Waals surface area contributed by atoms with E-state index in [0.29, 0.717) is 42.8 Å². The molecule has 2 saturated heterocycles. The van der Waals surface area contributed by atoms with Gasteiger partial charge in [-0.1, -0.05) is 0 Å². The fourth-order valence-electron chi connectivity index (χ4n) is 5.65. The van der Waals surface area contributed by atoms with Crippen molar-refractivity contribution in [3.05, 3.63) is 63.9 Å². The average Bonchev–Trinajstić information content (AvgIpc) is 3.75. The van der Waals surface area contributed by atoms with Gasteiger partial charge in [0.2, 0.25) is 11.3 Å². The summed E-state index contributed by atoms with van der Waals surface area (Å²) in [5.74, 6) is -2.81. The highest BCUT2D eigenvalue weighted by Gasteiger charge is 2.33. The van der Waals surface area contributed by atoms with E-state index in [-0.39, 0.29) is 47.8 Å². The van der Waals surface area contributed by atoms with Crippen molar-refractivity contribution in [3.63, 3.8) is 0 Å². The second-order valence-corrected chi connectivity index (χ2v) is 11.1. The number of carboxylic acid groups (broad SMARTS) is 1. The van der Waals surface area contributed by atoms with Crippen LogP contribution < -0.4 is 25.3 Å². The van der Waals surface area contributed by atoms with Gasteiger partial charge < -0.3 is 29.4 Å². The first-order chi connectivity index (χ1) is 20.6. The van der Waals surface area contributed by atoms with Gasteiger partial charge in [0.05, 0.1) is 30.0 Å². The molecule has 43 heavy (non-hydrogen) atoms. The number of nitrogens with one attached hydrogen (secondary N) is 1. The molecule has 13 heteroatoms. The molecule has 3 fully saturated rings. The molecule has 2 amide bonds. The molecule has 11 nitrogen and oxygen atoms in total. The predicted molar refractivity (Wildman–Crippen MR) is 152 cm³/mol. The van der Waals surface area contributed by atoms with Crippen molar-refractivity contribution in [3.8, 4) is 5.75 Å². The number of ether oxygens (including phenoxy) is 2. The largest absolute Gasteiger partial charge is 0.487 e. The van der Waals surface area contributed by atoms with Gasteiger partial charge in [-0.05, 0) is 37.1 Å². The topological polar surface area (TPSA) is 130 Å². The molecule has 3 heterocycles. The van der Waals surface area contributed by atoms with Crippen LogP contribution in [0.5, 0.6) is 5.75 Å². The molecule has 0 radical (unpaired) electrons. The minimum absolute atomic E-state index is 0.0316. The van der Waals surface area contributed by atoms with Crippen molar-refractivity contribution in [2.45, 2.75) is 50.9 Å². The van der Waals surface area contributed by atoms with Gasteiger partial charge in [0.15, 0.2) is 11.6 Å². The van der Waals surface area contributed by atoms with Crippen molar-refractivity contribution < 1.29 is 37.7 Å². The van der Waals surface area contributed by atoms with Crippen LogP contribution in [-0.4, -0.2) is 66.0 Å². The second-order valence-electron chi connectivity index (χ2n) is 11.1. The van der Waals surface area contributed by atoms with Crippen molar-refractivity contribution in [2.24, 2.45) is 0 Å². The molecule has 0 unspecified atom stereocenters. The third kappa shape index (κ3) is 5.71. The van der Waals surface area contributed by atoms with E-state index >= 15 is 8.78 Å².